The van der Waals surface area contributed by atoms with Crippen LogP contribution in [-0.2, 0) is 33.6 Å². The van der Waals surface area contributed by atoms with Gasteiger partial charge in [-0.05, 0) is 53.8 Å². The molecule has 0 saturated carbocycles. The highest BCUT2D eigenvalue weighted by Crippen LogP contribution is 2.20. The Balaban J connectivity index is 1.35. The van der Waals surface area contributed by atoms with Gasteiger partial charge in [-0.3, -0.25) is 14.4 Å². The number of aryl methyl sites for hydroxylation is 1. The lowest BCUT2D eigenvalue weighted by Crippen LogP contribution is -2.46. The number of nitrogens with one attached hydrogen (secondary N) is 4. The molecule has 0 fully saturated rings. The van der Waals surface area contributed by atoms with Crippen LogP contribution in [0.4, 0.5) is 0 Å². The number of hydrogen-bond acceptors (Lipinski definition) is 5. The molecule has 0 aliphatic heterocycles. The smallest absolute Gasteiger partial charge is 0.258 e. The summed E-state index contributed by atoms with van der Waals surface area (Å²) in [5.74, 6) is 0.797. The Morgan fingerprint density at radius 2 is 1.63 bits per heavy atom. The Bertz CT molecular complexity index is 1460. The van der Waals surface area contributed by atoms with E-state index >= 15 is 0 Å². The Morgan fingerprint density at radius 3 is 2.41 bits per heavy atom. The van der Waals surface area contributed by atoms with Gasteiger partial charge in [-0.2, -0.15) is 0 Å². The van der Waals surface area contributed by atoms with Gasteiger partial charge in [-0.15, -0.1) is 0 Å². The van der Waals surface area contributed by atoms with Gasteiger partial charge in [-0.25, -0.2) is 0 Å². The third-order valence-electron chi connectivity index (χ3n) is 6.80. The molecule has 3 aromatic carbocycles. The molecule has 4 N–H and O–H groups in total. The van der Waals surface area contributed by atoms with Crippen LogP contribution < -0.4 is 25.4 Å². The minimum Gasteiger partial charge on any atom is -0.496 e. The van der Waals surface area contributed by atoms with Crippen molar-refractivity contribution in [2.75, 3.05) is 27.3 Å². The average Bonchev–Trinajstić information content (AvgIpc) is 3.41. The average molecular weight is 557 g/mol. The third-order valence-corrected chi connectivity index (χ3v) is 6.80. The van der Waals surface area contributed by atoms with Crippen molar-refractivity contribution in [2.24, 2.45) is 0 Å². The zero-order valence-electron chi connectivity index (χ0n) is 23.4. The standard InChI is InChI=1S/C32H36N4O5/c1-33-31(38)17-22-11-14-26(15-12-22)41-21-32(39)36-25(18-24-19-34-28-9-5-4-8-27(24)28)20-35-30(37)16-13-23-7-3-6-10-29(23)40-2/h3-12,14-15,19,25,34H,13,16-18,20-21H2,1-2H3,(H,33,38)(H,35,37)(H,36,39). The number of para-hydroxylation sites is 2. The molecule has 1 unspecified atom stereocenters. The second kappa shape index (κ2) is 14.6. The molecule has 0 radical (unpaired) electrons. The summed E-state index contributed by atoms with van der Waals surface area (Å²) < 4.78 is 11.1. The number of carbonyl (C=O) groups excluding carboxylic acids is 3. The first-order valence-electron chi connectivity index (χ1n) is 13.6. The molecule has 4 aromatic rings. The maximum atomic E-state index is 12.9. The number of aromatic nitrogens is 1. The van der Waals surface area contributed by atoms with E-state index < -0.39 is 0 Å². The molecule has 41 heavy (non-hydrogen) atoms. The van der Waals surface area contributed by atoms with Crippen LogP contribution in [0.2, 0.25) is 0 Å². The summed E-state index contributed by atoms with van der Waals surface area (Å²) in [5, 5.41) is 9.66. The predicted molar refractivity (Wildman–Crippen MR) is 158 cm³/mol. The van der Waals surface area contributed by atoms with Crippen molar-refractivity contribution in [3.63, 3.8) is 0 Å². The number of benzene rings is 3. The van der Waals surface area contributed by atoms with Crippen molar-refractivity contribution in [3.05, 3.63) is 95.7 Å². The van der Waals surface area contributed by atoms with Crippen LogP contribution >= 0.6 is 0 Å². The quantitative estimate of drug-likeness (QED) is 0.190. The first-order valence-corrected chi connectivity index (χ1v) is 13.6. The summed E-state index contributed by atoms with van der Waals surface area (Å²) in [6, 6.07) is 22.3. The molecular formula is C32H36N4O5. The Morgan fingerprint density at radius 1 is 0.878 bits per heavy atom. The molecule has 0 aliphatic carbocycles. The van der Waals surface area contributed by atoms with Crippen LogP contribution in [0.3, 0.4) is 0 Å². The van der Waals surface area contributed by atoms with E-state index in [1.165, 1.54) is 0 Å². The van der Waals surface area contributed by atoms with Crippen molar-refractivity contribution >= 4 is 28.6 Å². The van der Waals surface area contributed by atoms with Crippen LogP contribution in [0.15, 0.2) is 79.0 Å². The molecule has 9 nitrogen and oxygen atoms in total. The van der Waals surface area contributed by atoms with E-state index in [4.69, 9.17) is 9.47 Å². The maximum absolute atomic E-state index is 12.9. The minimum absolute atomic E-state index is 0.0776. The van der Waals surface area contributed by atoms with E-state index in [1.807, 2.05) is 54.7 Å². The van der Waals surface area contributed by atoms with Crippen LogP contribution in [0.5, 0.6) is 11.5 Å². The number of hydrogen-bond donors (Lipinski definition) is 4. The topological polar surface area (TPSA) is 122 Å². The van der Waals surface area contributed by atoms with Gasteiger partial charge in [-0.1, -0.05) is 48.5 Å². The summed E-state index contributed by atoms with van der Waals surface area (Å²) in [5.41, 5.74) is 3.87. The summed E-state index contributed by atoms with van der Waals surface area (Å²) in [6.07, 6.45) is 3.58. The van der Waals surface area contributed by atoms with Gasteiger partial charge < -0.3 is 30.4 Å². The van der Waals surface area contributed by atoms with Gasteiger partial charge >= 0.3 is 0 Å². The highest BCUT2D eigenvalue weighted by Gasteiger charge is 2.17. The first-order chi connectivity index (χ1) is 19.9. The number of fused-ring (bicyclic) bond motifs is 1. The second-order valence-corrected chi connectivity index (χ2v) is 9.73. The maximum Gasteiger partial charge on any atom is 0.258 e. The summed E-state index contributed by atoms with van der Waals surface area (Å²) in [6.45, 7) is 0.0884. The largest absolute Gasteiger partial charge is 0.496 e. The van der Waals surface area contributed by atoms with Crippen LogP contribution in [0.25, 0.3) is 10.9 Å². The fourth-order valence-corrected chi connectivity index (χ4v) is 4.62. The number of carbonyl (C=O) groups is 3. The van der Waals surface area contributed by atoms with E-state index in [-0.39, 0.29) is 43.3 Å². The predicted octanol–water partition coefficient (Wildman–Crippen LogP) is 3.32. The van der Waals surface area contributed by atoms with E-state index in [0.29, 0.717) is 25.0 Å². The van der Waals surface area contributed by atoms with Gasteiger partial charge in [0.1, 0.15) is 11.5 Å². The summed E-state index contributed by atoms with van der Waals surface area (Å²) in [7, 11) is 3.21. The highest BCUT2D eigenvalue weighted by atomic mass is 16.5. The molecular weight excluding hydrogens is 520 g/mol. The molecule has 0 aliphatic rings. The van der Waals surface area contributed by atoms with Crippen molar-refractivity contribution in [3.8, 4) is 11.5 Å². The Kier molecular flexibility index (Phi) is 10.4. The Labute approximate surface area is 239 Å². The van der Waals surface area contributed by atoms with E-state index in [1.54, 1.807) is 38.4 Å². The summed E-state index contributed by atoms with van der Waals surface area (Å²) in [4.78, 5) is 40.4. The lowest BCUT2D eigenvalue weighted by Gasteiger charge is -2.20. The number of methoxy groups -OCH3 is 1. The molecule has 9 heteroatoms. The lowest BCUT2D eigenvalue weighted by molar-refractivity contribution is -0.125. The van der Waals surface area contributed by atoms with Gasteiger partial charge in [0.2, 0.25) is 11.8 Å². The number of ether oxygens (including phenoxy) is 2. The van der Waals surface area contributed by atoms with E-state index in [0.717, 1.165) is 33.3 Å². The minimum atomic E-state index is -0.351. The molecule has 0 spiro atoms. The van der Waals surface area contributed by atoms with Crippen LogP contribution in [0, 0.1) is 0 Å². The molecule has 1 heterocycles. The number of rotatable bonds is 14. The van der Waals surface area contributed by atoms with Crippen molar-refractivity contribution in [2.45, 2.75) is 31.7 Å². The van der Waals surface area contributed by atoms with Crippen molar-refractivity contribution in [1.29, 1.82) is 0 Å². The second-order valence-electron chi connectivity index (χ2n) is 9.73. The van der Waals surface area contributed by atoms with Crippen LogP contribution in [0.1, 0.15) is 23.1 Å². The normalized spacial score (nSPS) is 11.5. The molecule has 0 saturated heterocycles. The van der Waals surface area contributed by atoms with Gasteiger partial charge in [0.15, 0.2) is 6.61 Å². The molecule has 0 bridgehead atoms. The summed E-state index contributed by atoms with van der Waals surface area (Å²) >= 11 is 0. The van der Waals surface area contributed by atoms with Crippen molar-refractivity contribution < 1.29 is 23.9 Å². The van der Waals surface area contributed by atoms with Gasteiger partial charge in [0.25, 0.3) is 5.91 Å². The third kappa shape index (κ3) is 8.60. The van der Waals surface area contributed by atoms with Gasteiger partial charge in [0, 0.05) is 37.1 Å². The van der Waals surface area contributed by atoms with Gasteiger partial charge in [0.05, 0.1) is 19.6 Å². The zero-order chi connectivity index (χ0) is 29.0. The number of aromatic amines is 1. The lowest BCUT2D eigenvalue weighted by atomic mass is 10.0. The first kappa shape index (κ1) is 29.2. The molecule has 3 amide bonds. The van der Waals surface area contributed by atoms with Crippen LogP contribution in [-0.4, -0.2) is 56.1 Å². The highest BCUT2D eigenvalue weighted by molar-refractivity contribution is 5.83. The molecule has 214 valence electrons. The Hall–Kier alpha value is -4.79. The van der Waals surface area contributed by atoms with E-state index in [2.05, 4.69) is 20.9 Å². The molecule has 1 atom stereocenters. The van der Waals surface area contributed by atoms with Crippen molar-refractivity contribution in [1.82, 2.24) is 20.9 Å². The fourth-order valence-electron chi connectivity index (χ4n) is 4.62. The molecule has 1 aromatic heterocycles. The number of likely N-dealkylation sites (N-methyl/N-ethyl adjacent to an activating group) is 1. The van der Waals surface area contributed by atoms with E-state index in [9.17, 15) is 14.4 Å². The number of H-pyrrole nitrogens is 1. The fraction of sp³-hybridized carbons (Fsp3) is 0.281. The number of amides is 3. The zero-order valence-corrected chi connectivity index (χ0v) is 23.4. The SMILES string of the molecule is CNC(=O)Cc1ccc(OCC(=O)NC(CNC(=O)CCc2ccccc2OC)Cc2c[nH]c3ccccc23)cc1. The molecule has 4 rings (SSSR count). The monoisotopic (exact) mass is 556 g/mol.